The fraction of sp³-hybridized carbons (Fsp3) is 0.600. The van der Waals surface area contributed by atoms with E-state index in [-0.39, 0.29) is 6.61 Å². The van der Waals surface area contributed by atoms with E-state index in [2.05, 4.69) is 11.9 Å². The minimum absolute atomic E-state index is 0.327. The second-order valence-corrected chi connectivity index (χ2v) is 5.14. The van der Waals surface area contributed by atoms with Crippen molar-refractivity contribution in [3.05, 3.63) is 36.0 Å². The van der Waals surface area contributed by atoms with Crippen LogP contribution < -0.4 is 5.32 Å². The molecule has 0 radical (unpaired) electrons. The molecule has 0 bridgehead atoms. The van der Waals surface area contributed by atoms with Gasteiger partial charge in [0.05, 0.1) is 12.6 Å². The molecule has 0 saturated heterocycles. The molecule has 20 heavy (non-hydrogen) atoms. The number of allylic oxidation sites excluding steroid dienone is 2. The molecular weight excluding hydrogens is 258 g/mol. The van der Waals surface area contributed by atoms with Gasteiger partial charge in [-0.1, -0.05) is 23.8 Å². The number of hydrogen-bond donors (Lipinski definition) is 5. The summed E-state index contributed by atoms with van der Waals surface area (Å²) in [5, 5.41) is 41.5. The van der Waals surface area contributed by atoms with Gasteiger partial charge in [-0.25, -0.2) is 0 Å². The van der Waals surface area contributed by atoms with Gasteiger partial charge in [-0.2, -0.15) is 0 Å². The maximum Gasteiger partial charge on any atom is 0.111 e. The predicted octanol–water partition coefficient (Wildman–Crippen LogP) is -0.128. The van der Waals surface area contributed by atoms with Gasteiger partial charge in [0.1, 0.15) is 18.3 Å². The first-order chi connectivity index (χ1) is 9.51. The van der Waals surface area contributed by atoms with E-state index in [4.69, 9.17) is 5.11 Å². The highest BCUT2D eigenvalue weighted by atomic mass is 16.4. The van der Waals surface area contributed by atoms with Crippen LogP contribution in [0, 0.1) is 0 Å². The third kappa shape index (κ3) is 4.54. The maximum atomic E-state index is 9.90. The zero-order chi connectivity index (χ0) is 15.1. The molecule has 0 saturated carbocycles. The van der Waals surface area contributed by atoms with Crippen LogP contribution in [0.1, 0.15) is 19.8 Å². The lowest BCUT2D eigenvalue weighted by atomic mass is 9.88. The summed E-state index contributed by atoms with van der Waals surface area (Å²) in [4.78, 5) is 0. The lowest BCUT2D eigenvalue weighted by Crippen LogP contribution is -2.54. The molecule has 0 amide bonds. The van der Waals surface area contributed by atoms with Gasteiger partial charge in [-0.05, 0) is 25.3 Å². The van der Waals surface area contributed by atoms with E-state index in [1.54, 1.807) is 6.08 Å². The van der Waals surface area contributed by atoms with Gasteiger partial charge in [0.25, 0.3) is 0 Å². The van der Waals surface area contributed by atoms with E-state index < -0.39 is 24.4 Å². The second kappa shape index (κ2) is 8.34. The summed E-state index contributed by atoms with van der Waals surface area (Å²) in [6.45, 7) is 5.90. The quantitative estimate of drug-likeness (QED) is 0.420. The average molecular weight is 283 g/mol. The van der Waals surface area contributed by atoms with Gasteiger partial charge >= 0.3 is 0 Å². The van der Waals surface area contributed by atoms with Crippen molar-refractivity contribution in [3.8, 4) is 0 Å². The maximum absolute atomic E-state index is 9.90. The van der Waals surface area contributed by atoms with E-state index in [0.29, 0.717) is 12.1 Å². The molecule has 1 rings (SSSR count). The number of aliphatic hydroxyl groups is 4. The zero-order valence-electron chi connectivity index (χ0n) is 11.9. The Bertz CT molecular complexity index is 378. The predicted molar refractivity (Wildman–Crippen MR) is 78.2 cm³/mol. The van der Waals surface area contributed by atoms with E-state index in [9.17, 15) is 15.3 Å². The van der Waals surface area contributed by atoms with Crippen LogP contribution in [0.5, 0.6) is 0 Å². The first kappa shape index (κ1) is 17.1. The molecule has 0 aromatic rings. The van der Waals surface area contributed by atoms with Crippen LogP contribution >= 0.6 is 0 Å². The molecule has 5 heteroatoms. The molecule has 0 aromatic heterocycles. The Hall–Kier alpha value is -0.980. The SMILES string of the molecule is C=CCC/C(C)=C/CN[C@H]1C=C(CO)[C@@H](O)C(O)[C@H]1O. The van der Waals surface area contributed by atoms with Gasteiger partial charge in [-0.3, -0.25) is 0 Å². The van der Waals surface area contributed by atoms with E-state index in [1.807, 2.05) is 19.1 Å². The van der Waals surface area contributed by atoms with Crippen molar-refractivity contribution in [1.29, 1.82) is 0 Å². The van der Waals surface area contributed by atoms with Crippen molar-refractivity contribution in [2.24, 2.45) is 0 Å². The average Bonchev–Trinajstić information content (AvgIpc) is 2.45. The molecule has 0 heterocycles. The van der Waals surface area contributed by atoms with Gasteiger partial charge in [0, 0.05) is 6.54 Å². The Morgan fingerprint density at radius 1 is 1.35 bits per heavy atom. The van der Waals surface area contributed by atoms with Gasteiger partial charge in [0.2, 0.25) is 0 Å². The van der Waals surface area contributed by atoms with Crippen LogP contribution in [-0.2, 0) is 0 Å². The fourth-order valence-electron chi connectivity index (χ4n) is 2.17. The highest BCUT2D eigenvalue weighted by Gasteiger charge is 2.36. The molecule has 0 aromatic carbocycles. The minimum Gasteiger partial charge on any atom is -0.392 e. The molecule has 4 atom stereocenters. The highest BCUT2D eigenvalue weighted by molar-refractivity contribution is 5.22. The van der Waals surface area contributed by atoms with Gasteiger partial charge < -0.3 is 25.7 Å². The normalized spacial score (nSPS) is 31.1. The topological polar surface area (TPSA) is 93.0 Å². The molecule has 5 nitrogen and oxygen atoms in total. The van der Waals surface area contributed by atoms with Crippen LogP contribution in [0.2, 0.25) is 0 Å². The first-order valence-electron chi connectivity index (χ1n) is 6.86. The molecule has 0 fully saturated rings. The summed E-state index contributed by atoms with van der Waals surface area (Å²) in [5.74, 6) is 0. The molecule has 5 N–H and O–H groups in total. The van der Waals surface area contributed by atoms with Crippen molar-refractivity contribution in [2.45, 2.75) is 44.1 Å². The van der Waals surface area contributed by atoms with Crippen LogP contribution in [0.3, 0.4) is 0 Å². The van der Waals surface area contributed by atoms with Crippen LogP contribution in [0.25, 0.3) is 0 Å². The standard InChI is InChI=1S/C15H25NO4/c1-3-4-5-10(2)6-7-16-12-8-11(9-17)13(18)15(20)14(12)19/h3,6,8,12-20H,1,4-5,7,9H2,2H3/b10-6+/t12-,13+,14-,15?/m0/s1. The Labute approximate surface area is 120 Å². The largest absolute Gasteiger partial charge is 0.392 e. The number of nitrogens with one attached hydrogen (secondary N) is 1. The number of aliphatic hydroxyl groups excluding tert-OH is 4. The van der Waals surface area contributed by atoms with Crippen molar-refractivity contribution in [3.63, 3.8) is 0 Å². The molecule has 1 aliphatic carbocycles. The Morgan fingerprint density at radius 3 is 2.65 bits per heavy atom. The molecule has 1 aliphatic rings. The molecule has 114 valence electrons. The smallest absolute Gasteiger partial charge is 0.111 e. The van der Waals surface area contributed by atoms with Crippen molar-refractivity contribution in [2.75, 3.05) is 13.2 Å². The lowest BCUT2D eigenvalue weighted by molar-refractivity contribution is -0.0637. The van der Waals surface area contributed by atoms with Crippen molar-refractivity contribution in [1.82, 2.24) is 5.32 Å². The highest BCUT2D eigenvalue weighted by Crippen LogP contribution is 2.20. The van der Waals surface area contributed by atoms with Crippen LogP contribution in [0.15, 0.2) is 36.0 Å². The third-order valence-corrected chi connectivity index (χ3v) is 3.54. The Balaban J connectivity index is 2.58. The minimum atomic E-state index is -1.29. The summed E-state index contributed by atoms with van der Waals surface area (Å²) < 4.78 is 0. The van der Waals surface area contributed by atoms with Gasteiger partial charge in [-0.15, -0.1) is 6.58 Å². The van der Waals surface area contributed by atoms with Crippen molar-refractivity contribution < 1.29 is 20.4 Å². The molecular formula is C15H25NO4. The van der Waals surface area contributed by atoms with Gasteiger partial charge in [0.15, 0.2) is 0 Å². The Kier molecular flexibility index (Phi) is 7.12. The number of rotatable bonds is 7. The first-order valence-corrected chi connectivity index (χ1v) is 6.86. The Morgan fingerprint density at radius 2 is 2.05 bits per heavy atom. The second-order valence-electron chi connectivity index (χ2n) is 5.14. The van der Waals surface area contributed by atoms with Crippen LogP contribution in [-0.4, -0.2) is 57.9 Å². The van der Waals surface area contributed by atoms with E-state index in [0.717, 1.165) is 12.8 Å². The summed E-state index contributed by atoms with van der Waals surface area (Å²) in [5.41, 5.74) is 1.54. The van der Waals surface area contributed by atoms with E-state index in [1.165, 1.54) is 5.57 Å². The number of hydrogen-bond acceptors (Lipinski definition) is 5. The fourth-order valence-corrected chi connectivity index (χ4v) is 2.17. The third-order valence-electron chi connectivity index (χ3n) is 3.54. The van der Waals surface area contributed by atoms with E-state index >= 15 is 0 Å². The summed E-state index contributed by atoms with van der Waals surface area (Å²) in [7, 11) is 0. The van der Waals surface area contributed by atoms with Crippen LogP contribution in [0.4, 0.5) is 0 Å². The molecule has 0 spiro atoms. The van der Waals surface area contributed by atoms with Crippen molar-refractivity contribution >= 4 is 0 Å². The monoisotopic (exact) mass is 283 g/mol. The summed E-state index contributed by atoms with van der Waals surface area (Å²) in [6, 6.07) is -0.487. The zero-order valence-corrected chi connectivity index (χ0v) is 11.9. The molecule has 0 aliphatic heterocycles. The summed E-state index contributed by atoms with van der Waals surface area (Å²) in [6.07, 6.45) is 3.73. The summed E-state index contributed by atoms with van der Waals surface area (Å²) >= 11 is 0. The molecule has 1 unspecified atom stereocenters. The lowest BCUT2D eigenvalue weighted by Gasteiger charge is -2.34.